The van der Waals surface area contributed by atoms with Crippen molar-refractivity contribution in [2.45, 2.75) is 26.2 Å². The number of nitrogens with zero attached hydrogens (tertiary/aromatic N) is 3. The predicted molar refractivity (Wildman–Crippen MR) is 65.7 cm³/mol. The Hall–Kier alpha value is -2.21. The van der Waals surface area contributed by atoms with Gasteiger partial charge in [-0.3, -0.25) is 0 Å². The molecule has 0 spiro atoms. The molecule has 0 saturated carbocycles. The first-order valence-electron chi connectivity index (χ1n) is 5.99. The number of ether oxygens (including phenoxy) is 1. The second-order valence-electron chi connectivity index (χ2n) is 4.58. The summed E-state index contributed by atoms with van der Waals surface area (Å²) < 4.78 is 7.32. The zero-order valence-corrected chi connectivity index (χ0v) is 10.4. The van der Waals surface area contributed by atoms with Crippen molar-refractivity contribution in [3.8, 4) is 0 Å². The largest absolute Gasteiger partial charge is 0.476 e. The van der Waals surface area contributed by atoms with Crippen LogP contribution >= 0.6 is 0 Å². The normalized spacial score (nSPS) is 18.1. The van der Waals surface area contributed by atoms with Crippen LogP contribution in [0.2, 0.25) is 0 Å². The Labute approximate surface area is 109 Å². The molecule has 1 atom stereocenters. The summed E-state index contributed by atoms with van der Waals surface area (Å²) in [4.78, 5) is 11.0. The molecule has 1 N–H and O–H groups in total. The van der Waals surface area contributed by atoms with Gasteiger partial charge >= 0.3 is 5.97 Å². The zero-order chi connectivity index (χ0) is 13.4. The van der Waals surface area contributed by atoms with Crippen LogP contribution < -0.4 is 0 Å². The number of hydrogen-bond donors (Lipinski definition) is 1. The average Bonchev–Trinajstić information content (AvgIpc) is 2.82. The second-order valence-corrected chi connectivity index (χ2v) is 4.58. The van der Waals surface area contributed by atoms with Crippen molar-refractivity contribution in [3.63, 3.8) is 0 Å². The Bertz CT molecular complexity index is 619. The maximum Gasteiger partial charge on any atom is 0.358 e. The minimum Gasteiger partial charge on any atom is -0.476 e. The van der Waals surface area contributed by atoms with Crippen LogP contribution in [0.25, 0.3) is 0 Å². The SMILES string of the molecule is Cc1ccc(C2Cn3nnc(C(=O)O)c3CO2)cc1. The van der Waals surface area contributed by atoms with E-state index in [0.717, 1.165) is 5.56 Å². The molecule has 0 bridgehead atoms. The van der Waals surface area contributed by atoms with Gasteiger partial charge < -0.3 is 9.84 Å². The van der Waals surface area contributed by atoms with Crippen LogP contribution in [0.15, 0.2) is 24.3 Å². The Kier molecular flexibility index (Phi) is 2.79. The van der Waals surface area contributed by atoms with Crippen molar-refractivity contribution >= 4 is 5.97 Å². The molecule has 19 heavy (non-hydrogen) atoms. The molecule has 1 aliphatic rings. The molecule has 2 heterocycles. The Morgan fingerprint density at radius 1 is 1.42 bits per heavy atom. The summed E-state index contributed by atoms with van der Waals surface area (Å²) >= 11 is 0. The first-order valence-corrected chi connectivity index (χ1v) is 5.99. The van der Waals surface area contributed by atoms with E-state index in [1.807, 2.05) is 31.2 Å². The minimum atomic E-state index is -1.07. The van der Waals surface area contributed by atoms with Crippen LogP contribution in [0.1, 0.15) is 33.4 Å². The Morgan fingerprint density at radius 3 is 2.84 bits per heavy atom. The van der Waals surface area contributed by atoms with E-state index in [0.29, 0.717) is 12.2 Å². The van der Waals surface area contributed by atoms with E-state index in [9.17, 15) is 4.79 Å². The number of carboxylic acids is 1. The monoisotopic (exact) mass is 259 g/mol. The van der Waals surface area contributed by atoms with E-state index in [1.165, 1.54) is 5.56 Å². The Balaban J connectivity index is 1.86. The summed E-state index contributed by atoms with van der Waals surface area (Å²) in [5.41, 5.74) is 2.75. The van der Waals surface area contributed by atoms with Gasteiger partial charge in [-0.1, -0.05) is 35.0 Å². The molecule has 0 saturated heterocycles. The first-order chi connectivity index (χ1) is 9.15. The van der Waals surface area contributed by atoms with Gasteiger partial charge in [-0.25, -0.2) is 9.48 Å². The zero-order valence-electron chi connectivity index (χ0n) is 10.4. The molecular weight excluding hydrogens is 246 g/mol. The van der Waals surface area contributed by atoms with E-state index in [1.54, 1.807) is 4.68 Å². The standard InChI is InChI=1S/C13H13N3O3/c1-8-2-4-9(5-3-8)11-6-16-10(7-19-11)12(13(17)18)14-15-16/h2-5,11H,6-7H2,1H3,(H,17,18). The smallest absolute Gasteiger partial charge is 0.358 e. The third kappa shape index (κ3) is 2.10. The van der Waals surface area contributed by atoms with Crippen LogP contribution in [-0.2, 0) is 17.9 Å². The van der Waals surface area contributed by atoms with Crippen molar-refractivity contribution in [3.05, 3.63) is 46.8 Å². The fourth-order valence-corrected chi connectivity index (χ4v) is 2.16. The number of benzene rings is 1. The highest BCUT2D eigenvalue weighted by molar-refractivity contribution is 5.86. The maximum atomic E-state index is 11.0. The van der Waals surface area contributed by atoms with Crippen molar-refractivity contribution < 1.29 is 14.6 Å². The van der Waals surface area contributed by atoms with Gasteiger partial charge in [0.2, 0.25) is 0 Å². The number of carbonyl (C=O) groups is 1. The van der Waals surface area contributed by atoms with Crippen molar-refractivity contribution in [2.24, 2.45) is 0 Å². The molecule has 2 aromatic rings. The van der Waals surface area contributed by atoms with E-state index in [-0.39, 0.29) is 18.4 Å². The van der Waals surface area contributed by atoms with Crippen molar-refractivity contribution in [1.82, 2.24) is 15.0 Å². The third-order valence-electron chi connectivity index (χ3n) is 3.25. The lowest BCUT2D eigenvalue weighted by Crippen LogP contribution is -2.23. The number of aryl methyl sites for hydroxylation is 1. The van der Waals surface area contributed by atoms with Gasteiger partial charge in [-0.15, -0.1) is 5.10 Å². The summed E-state index contributed by atoms with van der Waals surface area (Å²) in [6.45, 7) is 2.73. The molecule has 6 heteroatoms. The van der Waals surface area contributed by atoms with Crippen molar-refractivity contribution in [2.75, 3.05) is 0 Å². The minimum absolute atomic E-state index is 0.0256. The van der Waals surface area contributed by atoms with E-state index in [4.69, 9.17) is 9.84 Å². The van der Waals surface area contributed by atoms with Crippen LogP contribution in [-0.4, -0.2) is 26.1 Å². The molecule has 3 rings (SSSR count). The molecule has 0 fully saturated rings. The molecule has 0 aliphatic carbocycles. The number of aromatic nitrogens is 3. The van der Waals surface area contributed by atoms with Gasteiger partial charge in [0.05, 0.1) is 18.8 Å². The quantitative estimate of drug-likeness (QED) is 0.885. The van der Waals surface area contributed by atoms with E-state index in [2.05, 4.69) is 10.3 Å². The molecule has 1 aromatic carbocycles. The highest BCUT2D eigenvalue weighted by Gasteiger charge is 2.27. The van der Waals surface area contributed by atoms with Gasteiger partial charge in [-0.2, -0.15) is 0 Å². The Morgan fingerprint density at radius 2 is 2.16 bits per heavy atom. The molecule has 98 valence electrons. The predicted octanol–water partition coefficient (Wildman–Crippen LogP) is 1.56. The van der Waals surface area contributed by atoms with E-state index >= 15 is 0 Å². The van der Waals surface area contributed by atoms with Gasteiger partial charge in [-0.05, 0) is 12.5 Å². The van der Waals surface area contributed by atoms with Crippen LogP contribution in [0.4, 0.5) is 0 Å². The molecule has 0 amide bonds. The lowest BCUT2D eigenvalue weighted by atomic mass is 10.1. The molecule has 1 unspecified atom stereocenters. The number of rotatable bonds is 2. The highest BCUT2D eigenvalue weighted by Crippen LogP contribution is 2.26. The number of carboxylic acid groups (broad SMARTS) is 1. The second kappa shape index (κ2) is 4.47. The van der Waals surface area contributed by atoms with Gasteiger partial charge in [0.25, 0.3) is 0 Å². The topological polar surface area (TPSA) is 77.2 Å². The number of aromatic carboxylic acids is 1. The summed E-state index contributed by atoms with van der Waals surface area (Å²) in [7, 11) is 0. The average molecular weight is 259 g/mol. The van der Waals surface area contributed by atoms with Crippen molar-refractivity contribution in [1.29, 1.82) is 0 Å². The summed E-state index contributed by atoms with van der Waals surface area (Å²) in [5, 5.41) is 16.5. The molecule has 1 aromatic heterocycles. The molecule has 6 nitrogen and oxygen atoms in total. The summed E-state index contributed by atoms with van der Waals surface area (Å²) in [5.74, 6) is -1.07. The third-order valence-corrected chi connectivity index (χ3v) is 3.25. The summed E-state index contributed by atoms with van der Waals surface area (Å²) in [6, 6.07) is 8.08. The maximum absolute atomic E-state index is 11.0. The van der Waals surface area contributed by atoms with Crippen LogP contribution in [0, 0.1) is 6.92 Å². The van der Waals surface area contributed by atoms with Crippen LogP contribution in [0.3, 0.4) is 0 Å². The number of hydrogen-bond acceptors (Lipinski definition) is 4. The first kappa shape index (κ1) is 11.9. The van der Waals surface area contributed by atoms with E-state index < -0.39 is 5.97 Å². The lowest BCUT2D eigenvalue weighted by Gasteiger charge is -2.24. The molecule has 0 radical (unpaired) electrons. The fraction of sp³-hybridized carbons (Fsp3) is 0.308. The van der Waals surface area contributed by atoms with Crippen LogP contribution in [0.5, 0.6) is 0 Å². The summed E-state index contributed by atoms with van der Waals surface area (Å²) in [6.07, 6.45) is -0.114. The number of fused-ring (bicyclic) bond motifs is 1. The van der Waals surface area contributed by atoms with Gasteiger partial charge in [0, 0.05) is 0 Å². The molecule has 1 aliphatic heterocycles. The molecular formula is C13H13N3O3. The highest BCUT2D eigenvalue weighted by atomic mass is 16.5. The lowest BCUT2D eigenvalue weighted by molar-refractivity contribution is -0.00207. The van der Waals surface area contributed by atoms with Gasteiger partial charge in [0.15, 0.2) is 5.69 Å². The fourth-order valence-electron chi connectivity index (χ4n) is 2.16. The van der Waals surface area contributed by atoms with Gasteiger partial charge in [0.1, 0.15) is 6.10 Å².